The van der Waals surface area contributed by atoms with E-state index in [9.17, 15) is 9.46 Å². The molecule has 1 aromatic rings. The zero-order valence-corrected chi connectivity index (χ0v) is 11.1. The first-order valence-corrected chi connectivity index (χ1v) is 7.02. The molecule has 17 heavy (non-hydrogen) atoms. The number of phosphoric ester groups is 1. The topological polar surface area (TPSA) is 55.8 Å². The highest BCUT2D eigenvalue weighted by Crippen LogP contribution is 2.58. The van der Waals surface area contributed by atoms with Crippen molar-refractivity contribution >= 4 is 7.82 Å². The number of rotatable bonds is 1. The van der Waals surface area contributed by atoms with E-state index < -0.39 is 13.9 Å². The predicted molar refractivity (Wildman–Crippen MR) is 64.6 cm³/mol. The first kappa shape index (κ1) is 12.8. The van der Waals surface area contributed by atoms with Crippen LogP contribution in [-0.2, 0) is 13.6 Å². The minimum atomic E-state index is -3.90. The molecule has 0 radical (unpaired) electrons. The monoisotopic (exact) mass is 256 g/mol. The molecule has 1 heterocycles. The van der Waals surface area contributed by atoms with Crippen LogP contribution in [-0.4, -0.2) is 11.5 Å². The zero-order valence-electron chi connectivity index (χ0n) is 10.2. The Morgan fingerprint density at radius 2 is 1.94 bits per heavy atom. The third-order valence-electron chi connectivity index (χ3n) is 2.93. The van der Waals surface area contributed by atoms with E-state index in [0.717, 1.165) is 11.1 Å². The maximum atomic E-state index is 11.5. The Morgan fingerprint density at radius 3 is 2.53 bits per heavy atom. The Bertz CT molecular complexity index is 452. The van der Waals surface area contributed by atoms with Gasteiger partial charge in [-0.05, 0) is 12.5 Å². The van der Waals surface area contributed by atoms with Crippen LogP contribution in [0, 0.1) is 12.3 Å². The molecule has 1 aromatic carbocycles. The number of aryl methyl sites for hydroxylation is 1. The van der Waals surface area contributed by atoms with E-state index in [-0.39, 0.29) is 12.0 Å². The SMILES string of the molecule is Cc1ccc([C@@H]2OP(=O)(O)OCC2(C)C)cc1. The van der Waals surface area contributed by atoms with E-state index in [1.165, 1.54) is 0 Å². The van der Waals surface area contributed by atoms with Gasteiger partial charge in [-0.15, -0.1) is 0 Å². The summed E-state index contributed by atoms with van der Waals surface area (Å²) in [6, 6.07) is 7.78. The lowest BCUT2D eigenvalue weighted by Crippen LogP contribution is -2.33. The van der Waals surface area contributed by atoms with Gasteiger partial charge < -0.3 is 4.89 Å². The summed E-state index contributed by atoms with van der Waals surface area (Å²) in [5, 5.41) is 0. The molecule has 1 unspecified atom stereocenters. The molecule has 0 spiro atoms. The van der Waals surface area contributed by atoms with Crippen molar-refractivity contribution in [3.63, 3.8) is 0 Å². The summed E-state index contributed by atoms with van der Waals surface area (Å²) in [5.74, 6) is 0. The molecule has 5 heteroatoms. The minimum absolute atomic E-state index is 0.208. The van der Waals surface area contributed by atoms with E-state index in [0.29, 0.717) is 0 Å². The smallest absolute Gasteiger partial charge is 0.302 e. The van der Waals surface area contributed by atoms with Crippen LogP contribution in [0.5, 0.6) is 0 Å². The first-order chi connectivity index (χ1) is 7.80. The van der Waals surface area contributed by atoms with Crippen LogP contribution in [0.4, 0.5) is 0 Å². The van der Waals surface area contributed by atoms with Crippen molar-refractivity contribution < 1.29 is 18.5 Å². The molecule has 0 aliphatic carbocycles. The molecule has 0 saturated carbocycles. The predicted octanol–water partition coefficient (Wildman–Crippen LogP) is 3.21. The third-order valence-corrected chi connectivity index (χ3v) is 3.86. The molecule has 1 aliphatic rings. The van der Waals surface area contributed by atoms with Crippen LogP contribution in [0.25, 0.3) is 0 Å². The van der Waals surface area contributed by atoms with Crippen LogP contribution in [0.2, 0.25) is 0 Å². The summed E-state index contributed by atoms with van der Waals surface area (Å²) in [6.45, 7) is 6.11. The summed E-state index contributed by atoms with van der Waals surface area (Å²) in [7, 11) is -3.90. The summed E-state index contributed by atoms with van der Waals surface area (Å²) in [5.41, 5.74) is 1.72. The van der Waals surface area contributed by atoms with Crippen LogP contribution < -0.4 is 0 Å². The number of hydrogen-bond donors (Lipinski definition) is 1. The van der Waals surface area contributed by atoms with Gasteiger partial charge in [0.25, 0.3) is 0 Å². The van der Waals surface area contributed by atoms with E-state index in [1.54, 1.807) is 0 Å². The quantitative estimate of drug-likeness (QED) is 0.784. The fourth-order valence-electron chi connectivity index (χ4n) is 1.88. The van der Waals surface area contributed by atoms with Crippen LogP contribution in [0.1, 0.15) is 31.1 Å². The highest BCUT2D eigenvalue weighted by Gasteiger charge is 2.44. The molecular formula is C12H17O4P. The molecule has 94 valence electrons. The number of phosphoric acid groups is 1. The van der Waals surface area contributed by atoms with Gasteiger partial charge in [0.05, 0.1) is 6.61 Å². The van der Waals surface area contributed by atoms with Gasteiger partial charge in [-0.1, -0.05) is 43.7 Å². The molecule has 0 bridgehead atoms. The van der Waals surface area contributed by atoms with Gasteiger partial charge in [-0.25, -0.2) is 4.57 Å². The summed E-state index contributed by atoms with van der Waals surface area (Å²) < 4.78 is 21.5. The summed E-state index contributed by atoms with van der Waals surface area (Å²) >= 11 is 0. The van der Waals surface area contributed by atoms with Crippen LogP contribution >= 0.6 is 7.82 Å². The second kappa shape index (κ2) is 4.21. The van der Waals surface area contributed by atoms with Crippen molar-refractivity contribution in [2.75, 3.05) is 6.61 Å². The molecule has 1 aliphatic heterocycles. The first-order valence-electron chi connectivity index (χ1n) is 5.52. The standard InChI is InChI=1S/C12H17O4P/c1-9-4-6-10(7-5-9)11-12(2,3)8-15-17(13,14)16-11/h4-7,11H,8H2,1-3H3,(H,13,14)/t11-/m0/s1. The molecule has 4 nitrogen and oxygen atoms in total. The Hall–Kier alpha value is -0.670. The van der Waals surface area contributed by atoms with Gasteiger partial charge in [0.2, 0.25) is 0 Å². The molecule has 2 atom stereocenters. The van der Waals surface area contributed by atoms with Crippen molar-refractivity contribution in [3.05, 3.63) is 35.4 Å². The number of hydrogen-bond acceptors (Lipinski definition) is 3. The Labute approximate surface area is 101 Å². The fraction of sp³-hybridized carbons (Fsp3) is 0.500. The Morgan fingerprint density at radius 1 is 1.35 bits per heavy atom. The van der Waals surface area contributed by atoms with E-state index >= 15 is 0 Å². The summed E-state index contributed by atoms with van der Waals surface area (Å²) in [6.07, 6.45) is -0.423. The minimum Gasteiger partial charge on any atom is -0.302 e. The van der Waals surface area contributed by atoms with Crippen molar-refractivity contribution in [2.45, 2.75) is 26.9 Å². The maximum absolute atomic E-state index is 11.5. The number of benzene rings is 1. The van der Waals surface area contributed by atoms with Crippen molar-refractivity contribution in [2.24, 2.45) is 5.41 Å². The van der Waals surface area contributed by atoms with E-state index in [4.69, 9.17) is 9.05 Å². The molecule has 1 N–H and O–H groups in total. The van der Waals surface area contributed by atoms with Gasteiger partial charge >= 0.3 is 7.82 Å². The van der Waals surface area contributed by atoms with Gasteiger partial charge in [-0.3, -0.25) is 9.05 Å². The second-order valence-corrected chi connectivity index (χ2v) is 6.53. The lowest BCUT2D eigenvalue weighted by Gasteiger charge is -2.39. The highest BCUT2D eigenvalue weighted by molar-refractivity contribution is 7.47. The van der Waals surface area contributed by atoms with Crippen molar-refractivity contribution in [1.29, 1.82) is 0 Å². The average Bonchev–Trinajstić information content (AvgIpc) is 2.24. The second-order valence-electron chi connectivity index (χ2n) is 5.13. The van der Waals surface area contributed by atoms with Gasteiger partial charge in [0.15, 0.2) is 0 Å². The van der Waals surface area contributed by atoms with Gasteiger partial charge in [0, 0.05) is 5.41 Å². The van der Waals surface area contributed by atoms with E-state index in [1.807, 2.05) is 45.0 Å². The van der Waals surface area contributed by atoms with Gasteiger partial charge in [0.1, 0.15) is 6.10 Å². The van der Waals surface area contributed by atoms with E-state index in [2.05, 4.69) is 0 Å². The summed E-state index contributed by atoms with van der Waals surface area (Å²) in [4.78, 5) is 9.40. The maximum Gasteiger partial charge on any atom is 0.472 e. The normalized spacial score (nSPS) is 32.4. The van der Waals surface area contributed by atoms with Crippen molar-refractivity contribution in [1.82, 2.24) is 0 Å². The zero-order chi connectivity index (χ0) is 12.7. The Balaban J connectivity index is 2.33. The lowest BCUT2D eigenvalue weighted by molar-refractivity contribution is -0.0472. The van der Waals surface area contributed by atoms with Crippen LogP contribution in [0.3, 0.4) is 0 Å². The molecule has 0 amide bonds. The average molecular weight is 256 g/mol. The fourth-order valence-corrected chi connectivity index (χ4v) is 3.11. The molecule has 0 aromatic heterocycles. The highest BCUT2D eigenvalue weighted by atomic mass is 31.2. The molecule has 1 fully saturated rings. The largest absolute Gasteiger partial charge is 0.472 e. The van der Waals surface area contributed by atoms with Gasteiger partial charge in [-0.2, -0.15) is 0 Å². The molecule has 2 rings (SSSR count). The Kier molecular flexibility index (Phi) is 3.17. The van der Waals surface area contributed by atoms with Crippen LogP contribution in [0.15, 0.2) is 24.3 Å². The lowest BCUT2D eigenvalue weighted by atomic mass is 9.83. The molecular weight excluding hydrogens is 239 g/mol. The third kappa shape index (κ3) is 2.78. The van der Waals surface area contributed by atoms with Crippen molar-refractivity contribution in [3.8, 4) is 0 Å². The molecule has 1 saturated heterocycles.